The van der Waals surface area contributed by atoms with Crippen molar-refractivity contribution in [1.29, 1.82) is 0 Å². The van der Waals surface area contributed by atoms with Crippen LogP contribution < -0.4 is 10.5 Å². The zero-order chi connectivity index (χ0) is 17.4. The molecular formula is C14H22BN5O4. The molecule has 24 heavy (non-hydrogen) atoms. The molecule has 0 fully saturated rings. The molecule has 9 nitrogen and oxygen atoms in total. The highest BCUT2D eigenvalue weighted by Crippen LogP contribution is 2.20. The van der Waals surface area contributed by atoms with Gasteiger partial charge in [-0.15, -0.1) is 5.10 Å². The highest BCUT2D eigenvalue weighted by molar-refractivity contribution is 6.32. The summed E-state index contributed by atoms with van der Waals surface area (Å²) in [5.41, 5.74) is 7.14. The lowest BCUT2D eigenvalue weighted by Crippen LogP contribution is -2.19. The molecule has 0 spiro atoms. The Morgan fingerprint density at radius 2 is 2.08 bits per heavy atom. The van der Waals surface area contributed by atoms with Crippen LogP contribution in [0.25, 0.3) is 0 Å². The monoisotopic (exact) mass is 335 g/mol. The van der Waals surface area contributed by atoms with Gasteiger partial charge in [-0.2, -0.15) is 0 Å². The summed E-state index contributed by atoms with van der Waals surface area (Å²) in [6, 6.07) is 7.35. The molecule has 0 aliphatic rings. The standard InChI is InChI=1S/C14H22BN5O4/c1-23-13-8-3-2-6-11(13)10-20-14(17-18-19-20)12(16)7-4-5-9-24-15(21)22/h2-3,6,8,12,21-22H,4-5,7,9-10,16H2,1H3. The van der Waals surface area contributed by atoms with E-state index in [4.69, 9.17) is 20.5 Å². The maximum Gasteiger partial charge on any atom is 0.633 e. The average Bonchev–Trinajstić information content (AvgIpc) is 3.03. The molecule has 1 heterocycles. The first kappa shape index (κ1) is 18.3. The number of para-hydroxylation sites is 1. The predicted molar refractivity (Wildman–Crippen MR) is 86.8 cm³/mol. The summed E-state index contributed by atoms with van der Waals surface area (Å²) in [6.45, 7) is 0.733. The SMILES string of the molecule is COc1ccccc1Cn1nnnc1C(N)CCCCOB(O)O. The molecule has 1 aromatic heterocycles. The Hall–Kier alpha value is -2.01. The van der Waals surface area contributed by atoms with Crippen molar-refractivity contribution in [2.75, 3.05) is 13.7 Å². The fraction of sp³-hybridized carbons (Fsp3) is 0.500. The van der Waals surface area contributed by atoms with Crippen molar-refractivity contribution in [3.63, 3.8) is 0 Å². The van der Waals surface area contributed by atoms with E-state index in [-0.39, 0.29) is 12.6 Å². The van der Waals surface area contributed by atoms with Gasteiger partial charge in [-0.05, 0) is 35.8 Å². The smallest absolute Gasteiger partial charge is 0.496 e. The normalized spacial score (nSPS) is 12.2. The van der Waals surface area contributed by atoms with Crippen LogP contribution in [0.1, 0.15) is 36.7 Å². The van der Waals surface area contributed by atoms with Crippen LogP contribution in [0, 0.1) is 0 Å². The van der Waals surface area contributed by atoms with E-state index in [0.29, 0.717) is 25.2 Å². The molecule has 1 aromatic carbocycles. The molecule has 0 aliphatic carbocycles. The quantitative estimate of drug-likeness (QED) is 0.405. The van der Waals surface area contributed by atoms with E-state index < -0.39 is 7.32 Å². The number of nitrogens with zero attached hydrogens (tertiary/aromatic N) is 4. The van der Waals surface area contributed by atoms with Crippen LogP contribution >= 0.6 is 0 Å². The van der Waals surface area contributed by atoms with Crippen LogP contribution in [-0.2, 0) is 11.2 Å². The summed E-state index contributed by atoms with van der Waals surface area (Å²) < 4.78 is 11.7. The van der Waals surface area contributed by atoms with E-state index in [9.17, 15) is 0 Å². The molecule has 0 aliphatic heterocycles. The maximum absolute atomic E-state index is 8.60. The first-order chi connectivity index (χ1) is 11.6. The number of nitrogens with two attached hydrogens (primary N) is 1. The second kappa shape index (κ2) is 9.33. The van der Waals surface area contributed by atoms with Crippen molar-refractivity contribution < 1.29 is 19.4 Å². The molecule has 130 valence electrons. The molecule has 2 rings (SSSR count). The Kier molecular flexibility index (Phi) is 7.13. The Labute approximate surface area is 140 Å². The van der Waals surface area contributed by atoms with Gasteiger partial charge in [-0.25, -0.2) is 4.68 Å². The summed E-state index contributed by atoms with van der Waals surface area (Å²) in [6.07, 6.45) is 2.09. The summed E-state index contributed by atoms with van der Waals surface area (Å²) in [5, 5.41) is 28.9. The van der Waals surface area contributed by atoms with Crippen molar-refractivity contribution in [2.24, 2.45) is 5.73 Å². The first-order valence-corrected chi connectivity index (χ1v) is 7.73. The van der Waals surface area contributed by atoms with Gasteiger partial charge in [-0.1, -0.05) is 18.2 Å². The maximum atomic E-state index is 8.60. The van der Waals surface area contributed by atoms with Crippen molar-refractivity contribution in [1.82, 2.24) is 20.2 Å². The fourth-order valence-corrected chi connectivity index (χ4v) is 2.37. The van der Waals surface area contributed by atoms with E-state index >= 15 is 0 Å². The molecule has 0 bridgehead atoms. The number of rotatable bonds is 10. The lowest BCUT2D eigenvalue weighted by atomic mass is 10.1. The lowest BCUT2D eigenvalue weighted by molar-refractivity contribution is 0.181. The minimum absolute atomic E-state index is 0.260. The van der Waals surface area contributed by atoms with Crippen LogP contribution in [0.5, 0.6) is 5.75 Å². The van der Waals surface area contributed by atoms with Crippen molar-refractivity contribution in [3.05, 3.63) is 35.7 Å². The van der Waals surface area contributed by atoms with Crippen LogP contribution in [-0.4, -0.2) is 51.3 Å². The number of ether oxygens (including phenoxy) is 1. The molecule has 4 N–H and O–H groups in total. The number of methoxy groups -OCH3 is 1. The highest BCUT2D eigenvalue weighted by Gasteiger charge is 2.16. The molecular weight excluding hydrogens is 313 g/mol. The second-order valence-corrected chi connectivity index (χ2v) is 5.31. The number of aromatic nitrogens is 4. The number of hydrogen-bond acceptors (Lipinski definition) is 8. The summed E-state index contributed by atoms with van der Waals surface area (Å²) >= 11 is 0. The zero-order valence-electron chi connectivity index (χ0n) is 13.6. The predicted octanol–water partition coefficient (Wildman–Crippen LogP) is -0.114. The highest BCUT2D eigenvalue weighted by atomic mass is 16.6. The van der Waals surface area contributed by atoms with E-state index in [1.165, 1.54) is 0 Å². The summed E-state index contributed by atoms with van der Waals surface area (Å²) in [4.78, 5) is 0. The Bertz CT molecular complexity index is 625. The van der Waals surface area contributed by atoms with Gasteiger partial charge >= 0.3 is 7.32 Å². The molecule has 0 saturated heterocycles. The van der Waals surface area contributed by atoms with E-state index in [1.54, 1.807) is 11.8 Å². The fourth-order valence-electron chi connectivity index (χ4n) is 2.37. The number of tetrazole rings is 1. The van der Waals surface area contributed by atoms with Gasteiger partial charge in [0.2, 0.25) is 0 Å². The van der Waals surface area contributed by atoms with Gasteiger partial charge in [-0.3, -0.25) is 0 Å². The topological polar surface area (TPSA) is 129 Å². The molecule has 0 amide bonds. The van der Waals surface area contributed by atoms with Crippen LogP contribution in [0.2, 0.25) is 0 Å². The molecule has 0 saturated carbocycles. The Balaban J connectivity index is 1.92. The molecule has 10 heteroatoms. The zero-order valence-corrected chi connectivity index (χ0v) is 13.6. The number of unbranched alkanes of at least 4 members (excludes halogenated alkanes) is 1. The van der Waals surface area contributed by atoms with Crippen molar-refractivity contribution in [2.45, 2.75) is 31.8 Å². The average molecular weight is 335 g/mol. The van der Waals surface area contributed by atoms with Gasteiger partial charge in [0.05, 0.1) is 19.7 Å². The minimum atomic E-state index is -1.73. The van der Waals surface area contributed by atoms with Crippen molar-refractivity contribution in [3.8, 4) is 5.75 Å². The van der Waals surface area contributed by atoms with Crippen LogP contribution in [0.4, 0.5) is 0 Å². The van der Waals surface area contributed by atoms with Crippen LogP contribution in [0.15, 0.2) is 24.3 Å². The van der Waals surface area contributed by atoms with Gasteiger partial charge in [0, 0.05) is 12.2 Å². The third-order valence-corrected chi connectivity index (χ3v) is 3.58. The Morgan fingerprint density at radius 1 is 1.29 bits per heavy atom. The van der Waals surface area contributed by atoms with E-state index in [2.05, 4.69) is 20.2 Å². The summed E-state index contributed by atoms with van der Waals surface area (Å²) in [7, 11) is -0.108. The molecule has 0 radical (unpaired) electrons. The number of hydrogen-bond donors (Lipinski definition) is 3. The Morgan fingerprint density at radius 3 is 2.83 bits per heavy atom. The molecule has 1 unspecified atom stereocenters. The largest absolute Gasteiger partial charge is 0.633 e. The van der Waals surface area contributed by atoms with Crippen LogP contribution in [0.3, 0.4) is 0 Å². The van der Waals surface area contributed by atoms with E-state index in [1.807, 2.05) is 24.3 Å². The van der Waals surface area contributed by atoms with Crippen molar-refractivity contribution >= 4 is 7.32 Å². The molecule has 2 aromatic rings. The molecule has 1 atom stereocenters. The number of benzene rings is 1. The van der Waals surface area contributed by atoms with Gasteiger partial charge in [0.25, 0.3) is 0 Å². The summed E-state index contributed by atoms with van der Waals surface area (Å²) in [5.74, 6) is 1.37. The first-order valence-electron chi connectivity index (χ1n) is 7.73. The minimum Gasteiger partial charge on any atom is -0.496 e. The van der Waals surface area contributed by atoms with E-state index in [0.717, 1.165) is 17.7 Å². The lowest BCUT2D eigenvalue weighted by Gasteiger charge is -2.13. The van der Waals surface area contributed by atoms with Gasteiger partial charge < -0.3 is 25.2 Å². The van der Waals surface area contributed by atoms with Gasteiger partial charge in [0.1, 0.15) is 5.75 Å². The van der Waals surface area contributed by atoms with Gasteiger partial charge in [0.15, 0.2) is 5.82 Å². The second-order valence-electron chi connectivity index (χ2n) is 5.31. The third-order valence-electron chi connectivity index (χ3n) is 3.58. The third kappa shape index (κ3) is 5.27.